The highest BCUT2D eigenvalue weighted by atomic mass is 79.9. The first-order valence-corrected chi connectivity index (χ1v) is 10.8. The number of hydrogen-bond acceptors (Lipinski definition) is 5. The van der Waals surface area contributed by atoms with Gasteiger partial charge in [-0.3, -0.25) is 4.79 Å². The van der Waals surface area contributed by atoms with Gasteiger partial charge < -0.3 is 14.0 Å². The second-order valence-electron chi connectivity index (χ2n) is 6.98. The molecule has 3 aromatic rings. The van der Waals surface area contributed by atoms with E-state index in [0.717, 1.165) is 27.1 Å². The largest absolute Gasteiger partial charge is 0.496 e. The predicted molar refractivity (Wildman–Crippen MR) is 127 cm³/mol. The zero-order valence-electron chi connectivity index (χ0n) is 18.3. The Morgan fingerprint density at radius 3 is 2.66 bits per heavy atom. The van der Waals surface area contributed by atoms with E-state index in [1.807, 2.05) is 36.6 Å². The number of methoxy groups -OCH3 is 1. The maximum atomic E-state index is 12.5. The molecule has 0 fully saturated rings. The number of esters is 1. The van der Waals surface area contributed by atoms with Gasteiger partial charge in [-0.05, 0) is 63.2 Å². The number of aryl methyl sites for hydroxylation is 1. The topological polar surface area (TPSA) is 81.9 Å². The van der Waals surface area contributed by atoms with Crippen molar-refractivity contribution in [2.24, 2.45) is 5.10 Å². The average molecular weight is 498 g/mol. The van der Waals surface area contributed by atoms with Gasteiger partial charge in [0, 0.05) is 27.1 Å². The highest BCUT2D eigenvalue weighted by molar-refractivity contribution is 9.10. The summed E-state index contributed by atoms with van der Waals surface area (Å²) in [6, 6.07) is 14.4. The summed E-state index contributed by atoms with van der Waals surface area (Å²) >= 11 is 3.36. The normalized spacial score (nSPS) is 10.9. The number of nitrogens with one attached hydrogen (secondary N) is 1. The van der Waals surface area contributed by atoms with Crippen molar-refractivity contribution in [3.8, 4) is 11.4 Å². The Morgan fingerprint density at radius 2 is 1.94 bits per heavy atom. The van der Waals surface area contributed by atoms with Gasteiger partial charge in [-0.25, -0.2) is 10.2 Å². The third kappa shape index (κ3) is 5.08. The van der Waals surface area contributed by atoms with E-state index in [1.54, 1.807) is 43.5 Å². The van der Waals surface area contributed by atoms with E-state index in [4.69, 9.17) is 9.47 Å². The molecule has 0 atom stereocenters. The first kappa shape index (κ1) is 23.3. The summed E-state index contributed by atoms with van der Waals surface area (Å²) in [6.07, 6.45) is 1.59. The monoisotopic (exact) mass is 497 g/mol. The van der Waals surface area contributed by atoms with Gasteiger partial charge in [0.15, 0.2) is 0 Å². The van der Waals surface area contributed by atoms with Gasteiger partial charge in [-0.1, -0.05) is 22.0 Å². The van der Waals surface area contributed by atoms with E-state index < -0.39 is 0 Å². The molecule has 0 saturated carbocycles. The molecule has 7 nitrogen and oxygen atoms in total. The zero-order valence-corrected chi connectivity index (χ0v) is 19.9. The van der Waals surface area contributed by atoms with Crippen LogP contribution < -0.4 is 10.2 Å². The molecular formula is C24H24BrN3O4. The number of rotatable bonds is 7. The van der Waals surface area contributed by atoms with Crippen LogP contribution >= 0.6 is 15.9 Å². The highest BCUT2D eigenvalue weighted by Crippen LogP contribution is 2.23. The summed E-state index contributed by atoms with van der Waals surface area (Å²) in [4.78, 5) is 24.6. The number of aromatic nitrogens is 1. The number of nitrogens with zero attached hydrogens (tertiary/aromatic N) is 2. The Morgan fingerprint density at radius 1 is 1.16 bits per heavy atom. The van der Waals surface area contributed by atoms with Crippen LogP contribution in [0.4, 0.5) is 0 Å². The van der Waals surface area contributed by atoms with E-state index in [1.165, 1.54) is 7.11 Å². The van der Waals surface area contributed by atoms with Crippen LogP contribution in [0.25, 0.3) is 5.69 Å². The minimum absolute atomic E-state index is 0.322. The van der Waals surface area contributed by atoms with Crippen molar-refractivity contribution < 1.29 is 19.1 Å². The molecule has 166 valence electrons. The molecule has 0 aliphatic carbocycles. The van der Waals surface area contributed by atoms with Crippen molar-refractivity contribution in [3.05, 3.63) is 81.1 Å². The second-order valence-corrected chi connectivity index (χ2v) is 7.89. The third-order valence-corrected chi connectivity index (χ3v) is 5.35. The quantitative estimate of drug-likeness (QED) is 0.288. The number of amides is 1. The van der Waals surface area contributed by atoms with Crippen molar-refractivity contribution in [1.29, 1.82) is 0 Å². The standard InChI is InChI=1S/C24H24BrN3O4/c1-5-32-24(30)17-7-6-8-20(12-17)28-15(2)11-18(16(28)3)14-26-27-23(29)21-13-19(25)9-10-22(21)31-4/h6-14H,5H2,1-4H3,(H,27,29)/b26-14-. The Balaban J connectivity index is 1.82. The minimum Gasteiger partial charge on any atom is -0.496 e. The Labute approximate surface area is 195 Å². The molecule has 0 spiro atoms. The second kappa shape index (κ2) is 10.3. The summed E-state index contributed by atoms with van der Waals surface area (Å²) in [6.45, 7) is 6.01. The molecule has 0 aliphatic rings. The lowest BCUT2D eigenvalue weighted by Crippen LogP contribution is -2.18. The maximum absolute atomic E-state index is 12.5. The van der Waals surface area contributed by atoms with E-state index in [0.29, 0.717) is 23.5 Å². The molecule has 0 radical (unpaired) electrons. The fourth-order valence-corrected chi connectivity index (χ4v) is 3.74. The molecule has 1 N–H and O–H groups in total. The average Bonchev–Trinajstić information content (AvgIpc) is 3.06. The summed E-state index contributed by atoms with van der Waals surface area (Å²) < 4.78 is 13.1. The van der Waals surface area contributed by atoms with Gasteiger partial charge >= 0.3 is 5.97 Å². The van der Waals surface area contributed by atoms with Crippen LogP contribution in [-0.4, -0.2) is 36.4 Å². The van der Waals surface area contributed by atoms with Crippen LogP contribution in [0.1, 0.15) is 44.6 Å². The minimum atomic E-state index is -0.379. The van der Waals surface area contributed by atoms with E-state index >= 15 is 0 Å². The van der Waals surface area contributed by atoms with Gasteiger partial charge in [-0.2, -0.15) is 5.10 Å². The Kier molecular flexibility index (Phi) is 7.48. The number of carbonyl (C=O) groups is 2. The number of carbonyl (C=O) groups excluding carboxylic acids is 2. The summed E-state index contributed by atoms with van der Waals surface area (Å²) in [5.41, 5.74) is 6.97. The van der Waals surface area contributed by atoms with Crippen LogP contribution in [0, 0.1) is 13.8 Å². The molecule has 8 heteroatoms. The highest BCUT2D eigenvalue weighted by Gasteiger charge is 2.14. The fourth-order valence-electron chi connectivity index (χ4n) is 3.38. The van der Waals surface area contributed by atoms with E-state index in [-0.39, 0.29) is 11.9 Å². The van der Waals surface area contributed by atoms with Gasteiger partial charge in [0.2, 0.25) is 0 Å². The van der Waals surface area contributed by atoms with Crippen molar-refractivity contribution in [2.45, 2.75) is 20.8 Å². The molecule has 0 aliphatic heterocycles. The molecule has 1 aromatic heterocycles. The molecular weight excluding hydrogens is 474 g/mol. The van der Waals surface area contributed by atoms with Gasteiger partial charge in [-0.15, -0.1) is 0 Å². The SMILES string of the molecule is CCOC(=O)c1cccc(-n2c(C)cc(/C=N\NC(=O)c3cc(Br)ccc3OC)c2C)c1. The van der Waals surface area contributed by atoms with Crippen molar-refractivity contribution in [1.82, 2.24) is 9.99 Å². The van der Waals surface area contributed by atoms with Crippen molar-refractivity contribution >= 4 is 34.0 Å². The summed E-state index contributed by atoms with van der Waals surface area (Å²) in [5, 5.41) is 4.12. The lowest BCUT2D eigenvalue weighted by atomic mass is 10.2. The number of hydrogen-bond donors (Lipinski definition) is 1. The summed E-state index contributed by atoms with van der Waals surface area (Å²) in [7, 11) is 1.51. The molecule has 1 amide bonds. The van der Waals surface area contributed by atoms with E-state index in [9.17, 15) is 9.59 Å². The third-order valence-electron chi connectivity index (χ3n) is 4.86. The molecule has 2 aromatic carbocycles. The zero-order chi connectivity index (χ0) is 23.3. The van der Waals surface area contributed by atoms with Gasteiger partial charge in [0.1, 0.15) is 5.75 Å². The Hall–Kier alpha value is -3.39. The maximum Gasteiger partial charge on any atom is 0.338 e. The Bertz CT molecular complexity index is 1180. The first-order chi connectivity index (χ1) is 15.3. The molecule has 32 heavy (non-hydrogen) atoms. The van der Waals surface area contributed by atoms with Crippen LogP contribution in [0.3, 0.4) is 0 Å². The molecule has 0 unspecified atom stereocenters. The van der Waals surface area contributed by atoms with Crippen LogP contribution in [0.15, 0.2) is 58.1 Å². The smallest absolute Gasteiger partial charge is 0.338 e. The number of halogens is 1. The number of hydrazone groups is 1. The first-order valence-electron chi connectivity index (χ1n) is 9.99. The van der Waals surface area contributed by atoms with Crippen LogP contribution in [0.2, 0.25) is 0 Å². The van der Waals surface area contributed by atoms with Gasteiger partial charge in [0.05, 0.1) is 31.1 Å². The molecule has 3 rings (SSSR count). The van der Waals surface area contributed by atoms with Gasteiger partial charge in [0.25, 0.3) is 5.91 Å². The lowest BCUT2D eigenvalue weighted by Gasteiger charge is -2.11. The lowest BCUT2D eigenvalue weighted by molar-refractivity contribution is 0.0526. The van der Waals surface area contributed by atoms with E-state index in [2.05, 4.69) is 26.5 Å². The van der Waals surface area contributed by atoms with Crippen LogP contribution in [0.5, 0.6) is 5.75 Å². The fraction of sp³-hybridized carbons (Fsp3) is 0.208. The predicted octanol–water partition coefficient (Wildman–Crippen LogP) is 4.81. The molecule has 0 saturated heterocycles. The van der Waals surface area contributed by atoms with Crippen molar-refractivity contribution in [3.63, 3.8) is 0 Å². The number of ether oxygens (including phenoxy) is 2. The molecule has 0 bridgehead atoms. The summed E-state index contributed by atoms with van der Waals surface area (Å²) in [5.74, 6) is -0.278. The van der Waals surface area contributed by atoms with Crippen molar-refractivity contribution in [2.75, 3.05) is 13.7 Å². The molecule has 1 heterocycles. The number of benzene rings is 2. The van der Waals surface area contributed by atoms with Crippen LogP contribution in [-0.2, 0) is 4.74 Å².